The van der Waals surface area contributed by atoms with E-state index in [0.29, 0.717) is 12.6 Å². The summed E-state index contributed by atoms with van der Waals surface area (Å²) in [6, 6.07) is 8.76. The summed E-state index contributed by atoms with van der Waals surface area (Å²) in [5.74, 6) is 0.101. The van der Waals surface area contributed by atoms with Gasteiger partial charge in [-0.15, -0.1) is 0 Å². The molecule has 0 aliphatic heterocycles. The van der Waals surface area contributed by atoms with E-state index in [1.54, 1.807) is 0 Å². The van der Waals surface area contributed by atoms with E-state index in [2.05, 4.69) is 25.1 Å². The molecule has 1 aromatic carbocycles. The molecule has 0 radical (unpaired) electrons. The standard InChI is InChI=1S/C17H25NO2/c1-13-6-5-7-14(10-13)11-18(15-8-9-15)16(19)12-20-17(2,3)4/h5-7,10,15H,8-9,11-12H2,1-4H3. The van der Waals surface area contributed by atoms with Crippen LogP contribution >= 0.6 is 0 Å². The summed E-state index contributed by atoms with van der Waals surface area (Å²) in [5, 5.41) is 0. The highest BCUT2D eigenvalue weighted by Crippen LogP contribution is 2.28. The third kappa shape index (κ3) is 4.64. The van der Waals surface area contributed by atoms with Crippen LogP contribution in [0.2, 0.25) is 0 Å². The first kappa shape index (κ1) is 15.0. The van der Waals surface area contributed by atoms with Gasteiger partial charge in [-0.05, 0) is 46.1 Å². The topological polar surface area (TPSA) is 29.5 Å². The zero-order chi connectivity index (χ0) is 14.8. The molecule has 20 heavy (non-hydrogen) atoms. The quantitative estimate of drug-likeness (QED) is 0.825. The van der Waals surface area contributed by atoms with Gasteiger partial charge in [0, 0.05) is 12.6 Å². The molecule has 0 N–H and O–H groups in total. The van der Waals surface area contributed by atoms with E-state index in [0.717, 1.165) is 12.8 Å². The van der Waals surface area contributed by atoms with Crippen LogP contribution in [0.15, 0.2) is 24.3 Å². The molecule has 0 bridgehead atoms. The van der Waals surface area contributed by atoms with Crippen molar-refractivity contribution in [2.75, 3.05) is 6.61 Å². The van der Waals surface area contributed by atoms with Crippen molar-refractivity contribution < 1.29 is 9.53 Å². The van der Waals surface area contributed by atoms with Crippen LogP contribution in [-0.4, -0.2) is 29.1 Å². The van der Waals surface area contributed by atoms with Crippen LogP contribution < -0.4 is 0 Å². The van der Waals surface area contributed by atoms with Crippen molar-refractivity contribution >= 4 is 5.91 Å². The highest BCUT2D eigenvalue weighted by Gasteiger charge is 2.32. The van der Waals surface area contributed by atoms with E-state index in [1.807, 2.05) is 31.7 Å². The maximum Gasteiger partial charge on any atom is 0.249 e. The smallest absolute Gasteiger partial charge is 0.249 e. The van der Waals surface area contributed by atoms with Gasteiger partial charge >= 0.3 is 0 Å². The number of carbonyl (C=O) groups excluding carboxylic acids is 1. The average Bonchev–Trinajstić information content (AvgIpc) is 3.16. The molecule has 0 saturated heterocycles. The Morgan fingerprint density at radius 3 is 2.60 bits per heavy atom. The fourth-order valence-electron chi connectivity index (χ4n) is 2.18. The number of carbonyl (C=O) groups is 1. The normalized spacial score (nSPS) is 15.2. The molecule has 3 nitrogen and oxygen atoms in total. The van der Waals surface area contributed by atoms with Crippen molar-refractivity contribution in [3.63, 3.8) is 0 Å². The van der Waals surface area contributed by atoms with Crippen molar-refractivity contribution in [2.24, 2.45) is 0 Å². The maximum atomic E-state index is 12.4. The summed E-state index contributed by atoms with van der Waals surface area (Å²) in [6.07, 6.45) is 2.24. The molecule has 0 aromatic heterocycles. The van der Waals surface area contributed by atoms with Crippen LogP contribution in [-0.2, 0) is 16.1 Å². The van der Waals surface area contributed by atoms with Gasteiger partial charge in [-0.3, -0.25) is 4.79 Å². The minimum atomic E-state index is -0.270. The van der Waals surface area contributed by atoms with Gasteiger partial charge in [0.05, 0.1) is 5.60 Å². The predicted octanol–water partition coefficient (Wildman–Crippen LogP) is 3.30. The Morgan fingerprint density at radius 1 is 1.35 bits per heavy atom. The number of amides is 1. The first-order chi connectivity index (χ1) is 9.35. The second-order valence-corrected chi connectivity index (χ2v) is 6.64. The van der Waals surface area contributed by atoms with Crippen molar-refractivity contribution in [1.82, 2.24) is 4.90 Å². The van der Waals surface area contributed by atoms with Crippen molar-refractivity contribution in [1.29, 1.82) is 0 Å². The molecule has 1 aliphatic rings. The van der Waals surface area contributed by atoms with E-state index in [1.165, 1.54) is 11.1 Å². The molecule has 1 aromatic rings. The van der Waals surface area contributed by atoms with Gasteiger partial charge in [0.1, 0.15) is 6.61 Å². The molecule has 110 valence electrons. The lowest BCUT2D eigenvalue weighted by Gasteiger charge is -2.25. The summed E-state index contributed by atoms with van der Waals surface area (Å²) in [5.41, 5.74) is 2.16. The van der Waals surface area contributed by atoms with E-state index in [9.17, 15) is 4.79 Å². The third-order valence-corrected chi connectivity index (χ3v) is 3.37. The molecule has 1 amide bonds. The SMILES string of the molecule is Cc1cccc(CN(C(=O)COC(C)(C)C)C2CC2)c1. The second kappa shape index (κ2) is 5.96. The van der Waals surface area contributed by atoms with Crippen molar-refractivity contribution in [2.45, 2.75) is 58.7 Å². The highest BCUT2D eigenvalue weighted by molar-refractivity contribution is 5.78. The number of benzene rings is 1. The van der Waals surface area contributed by atoms with Crippen molar-refractivity contribution in [3.05, 3.63) is 35.4 Å². The molecule has 1 fully saturated rings. The lowest BCUT2D eigenvalue weighted by Crippen LogP contribution is -2.37. The summed E-state index contributed by atoms with van der Waals surface area (Å²) in [7, 11) is 0. The largest absolute Gasteiger partial charge is 0.366 e. The van der Waals surface area contributed by atoms with Gasteiger partial charge < -0.3 is 9.64 Å². The Bertz CT molecular complexity index is 472. The van der Waals surface area contributed by atoms with Crippen LogP contribution in [0.4, 0.5) is 0 Å². The number of hydrogen-bond acceptors (Lipinski definition) is 2. The fraction of sp³-hybridized carbons (Fsp3) is 0.588. The summed E-state index contributed by atoms with van der Waals surface area (Å²) in [4.78, 5) is 14.3. The summed E-state index contributed by atoms with van der Waals surface area (Å²) in [6.45, 7) is 8.87. The fourth-order valence-corrected chi connectivity index (χ4v) is 2.18. The Kier molecular flexibility index (Phi) is 4.48. The van der Waals surface area contributed by atoms with E-state index < -0.39 is 0 Å². The van der Waals surface area contributed by atoms with E-state index >= 15 is 0 Å². The molecular weight excluding hydrogens is 250 g/mol. The number of aryl methyl sites for hydroxylation is 1. The van der Waals surface area contributed by atoms with E-state index in [-0.39, 0.29) is 18.1 Å². The monoisotopic (exact) mass is 275 g/mol. The van der Waals surface area contributed by atoms with Crippen LogP contribution in [0.5, 0.6) is 0 Å². The molecule has 0 spiro atoms. The number of ether oxygens (including phenoxy) is 1. The lowest BCUT2D eigenvalue weighted by atomic mass is 10.1. The number of hydrogen-bond donors (Lipinski definition) is 0. The molecule has 0 atom stereocenters. The van der Waals surface area contributed by atoms with Gasteiger partial charge in [-0.25, -0.2) is 0 Å². The van der Waals surface area contributed by atoms with Crippen LogP contribution in [0, 0.1) is 6.92 Å². The van der Waals surface area contributed by atoms with Crippen LogP contribution in [0.3, 0.4) is 0 Å². The molecule has 1 aliphatic carbocycles. The molecule has 1 saturated carbocycles. The Morgan fingerprint density at radius 2 is 2.05 bits per heavy atom. The zero-order valence-corrected chi connectivity index (χ0v) is 13.0. The third-order valence-electron chi connectivity index (χ3n) is 3.37. The molecule has 3 heteroatoms. The van der Waals surface area contributed by atoms with Gasteiger partial charge in [0.2, 0.25) is 5.91 Å². The Labute approximate surface area is 121 Å². The van der Waals surface area contributed by atoms with Crippen LogP contribution in [0.1, 0.15) is 44.7 Å². The van der Waals surface area contributed by atoms with Gasteiger partial charge in [-0.1, -0.05) is 29.8 Å². The van der Waals surface area contributed by atoms with Crippen molar-refractivity contribution in [3.8, 4) is 0 Å². The molecule has 2 rings (SSSR count). The number of rotatable bonds is 5. The van der Waals surface area contributed by atoms with Gasteiger partial charge in [0.25, 0.3) is 0 Å². The molecular formula is C17H25NO2. The molecule has 0 unspecified atom stereocenters. The molecule has 0 heterocycles. The first-order valence-corrected chi connectivity index (χ1v) is 7.34. The van der Waals surface area contributed by atoms with E-state index in [4.69, 9.17) is 4.74 Å². The Balaban J connectivity index is 1.98. The maximum absolute atomic E-state index is 12.4. The average molecular weight is 275 g/mol. The minimum Gasteiger partial charge on any atom is -0.366 e. The predicted molar refractivity (Wildman–Crippen MR) is 80.5 cm³/mol. The van der Waals surface area contributed by atoms with Gasteiger partial charge in [-0.2, -0.15) is 0 Å². The minimum absolute atomic E-state index is 0.101. The highest BCUT2D eigenvalue weighted by atomic mass is 16.5. The first-order valence-electron chi connectivity index (χ1n) is 7.34. The van der Waals surface area contributed by atoms with Crippen LogP contribution in [0.25, 0.3) is 0 Å². The zero-order valence-electron chi connectivity index (χ0n) is 13.0. The lowest BCUT2D eigenvalue weighted by molar-refractivity contribution is -0.142. The Hall–Kier alpha value is -1.35. The second-order valence-electron chi connectivity index (χ2n) is 6.64. The summed E-state index contributed by atoms with van der Waals surface area (Å²) < 4.78 is 5.62. The van der Waals surface area contributed by atoms with Gasteiger partial charge in [0.15, 0.2) is 0 Å². The summed E-state index contributed by atoms with van der Waals surface area (Å²) >= 11 is 0. The number of nitrogens with zero attached hydrogens (tertiary/aromatic N) is 1.